The molecule has 0 amide bonds. The van der Waals surface area contributed by atoms with Gasteiger partial charge < -0.3 is 5.11 Å². The highest BCUT2D eigenvalue weighted by molar-refractivity contribution is 5.32. The van der Waals surface area contributed by atoms with Crippen molar-refractivity contribution in [1.82, 2.24) is 25.0 Å². The predicted octanol–water partition coefficient (Wildman–Crippen LogP) is 1.00. The second kappa shape index (κ2) is 5.18. The molecule has 0 aromatic carbocycles. The first-order valence-electron chi connectivity index (χ1n) is 6.16. The summed E-state index contributed by atoms with van der Waals surface area (Å²) in [6.07, 6.45) is 9.91. The third-order valence-corrected chi connectivity index (χ3v) is 3.14. The molecule has 6 heteroatoms. The summed E-state index contributed by atoms with van der Waals surface area (Å²) in [5.41, 5.74) is 0.114. The molecule has 3 rings (SSSR count). The van der Waals surface area contributed by atoms with Gasteiger partial charge in [0.15, 0.2) is 0 Å². The van der Waals surface area contributed by atoms with E-state index in [0.29, 0.717) is 11.1 Å². The van der Waals surface area contributed by atoms with Gasteiger partial charge in [-0.3, -0.25) is 9.97 Å². The Morgan fingerprint density at radius 3 is 2.10 bits per heavy atom. The topological polar surface area (TPSA) is 76.7 Å². The lowest BCUT2D eigenvalue weighted by Crippen LogP contribution is -2.33. The van der Waals surface area contributed by atoms with E-state index in [9.17, 15) is 5.11 Å². The predicted molar refractivity (Wildman–Crippen MR) is 71.5 cm³/mol. The summed E-state index contributed by atoms with van der Waals surface area (Å²) in [4.78, 5) is 8.16. The van der Waals surface area contributed by atoms with Crippen molar-refractivity contribution in [1.29, 1.82) is 0 Å². The molecule has 6 nitrogen and oxygen atoms in total. The van der Waals surface area contributed by atoms with E-state index in [-0.39, 0.29) is 6.54 Å². The molecule has 0 saturated heterocycles. The first-order valence-corrected chi connectivity index (χ1v) is 6.16. The minimum absolute atomic E-state index is 0.240. The number of aliphatic hydroxyl groups is 1. The van der Waals surface area contributed by atoms with E-state index in [1.165, 1.54) is 0 Å². The molecule has 0 bridgehead atoms. The first kappa shape index (κ1) is 12.4. The van der Waals surface area contributed by atoms with Crippen molar-refractivity contribution in [2.45, 2.75) is 12.1 Å². The van der Waals surface area contributed by atoms with E-state index in [2.05, 4.69) is 20.3 Å². The average Bonchev–Trinajstić information content (AvgIpc) is 3.02. The minimum atomic E-state index is -1.25. The Hall–Kier alpha value is -2.60. The Kier molecular flexibility index (Phi) is 3.22. The second-order valence-corrected chi connectivity index (χ2v) is 4.44. The van der Waals surface area contributed by atoms with E-state index in [1.54, 1.807) is 54.0 Å². The molecule has 0 aliphatic heterocycles. The molecule has 0 saturated carbocycles. The van der Waals surface area contributed by atoms with Crippen molar-refractivity contribution in [2.24, 2.45) is 0 Å². The molecule has 0 unspecified atom stereocenters. The third kappa shape index (κ3) is 2.28. The molecule has 0 fully saturated rings. The monoisotopic (exact) mass is 267 g/mol. The lowest BCUT2D eigenvalue weighted by atomic mass is 9.88. The number of aromatic nitrogens is 5. The molecule has 100 valence electrons. The van der Waals surface area contributed by atoms with Crippen molar-refractivity contribution in [2.75, 3.05) is 0 Å². The highest BCUT2D eigenvalue weighted by atomic mass is 16.3. The molecule has 0 aliphatic rings. The smallest absolute Gasteiger partial charge is 0.137 e. The van der Waals surface area contributed by atoms with Gasteiger partial charge in [-0.15, -0.1) is 5.10 Å². The van der Waals surface area contributed by atoms with Crippen LogP contribution in [-0.4, -0.2) is 30.1 Å². The van der Waals surface area contributed by atoms with E-state index < -0.39 is 5.60 Å². The highest BCUT2D eigenvalue weighted by Gasteiger charge is 2.33. The average molecular weight is 267 g/mol. The normalized spacial score (nSPS) is 11.4. The van der Waals surface area contributed by atoms with E-state index in [4.69, 9.17) is 0 Å². The quantitative estimate of drug-likeness (QED) is 0.763. The lowest BCUT2D eigenvalue weighted by molar-refractivity contribution is 0.0560. The second-order valence-electron chi connectivity index (χ2n) is 4.44. The number of nitrogens with zero attached hydrogens (tertiary/aromatic N) is 5. The molecule has 3 heterocycles. The van der Waals surface area contributed by atoms with Crippen LogP contribution in [0.15, 0.2) is 61.4 Å². The van der Waals surface area contributed by atoms with Gasteiger partial charge in [-0.1, -0.05) is 17.3 Å². The summed E-state index contributed by atoms with van der Waals surface area (Å²) in [5, 5.41) is 18.8. The zero-order valence-corrected chi connectivity index (χ0v) is 10.7. The number of rotatable bonds is 4. The minimum Gasteiger partial charge on any atom is -0.378 e. The van der Waals surface area contributed by atoms with Crippen LogP contribution < -0.4 is 0 Å². The molecule has 0 aliphatic carbocycles. The fourth-order valence-corrected chi connectivity index (χ4v) is 2.12. The van der Waals surface area contributed by atoms with Gasteiger partial charge in [0, 0.05) is 42.1 Å². The van der Waals surface area contributed by atoms with Crippen LogP contribution in [0.3, 0.4) is 0 Å². The molecule has 1 N–H and O–H groups in total. The van der Waals surface area contributed by atoms with Crippen LogP contribution in [0.2, 0.25) is 0 Å². The third-order valence-electron chi connectivity index (χ3n) is 3.14. The molecular formula is C14H13N5O. The van der Waals surface area contributed by atoms with Crippen LogP contribution in [0.5, 0.6) is 0 Å². The van der Waals surface area contributed by atoms with Gasteiger partial charge in [0.2, 0.25) is 0 Å². The SMILES string of the molecule is OC(Cn1ccnn1)(c1cccnc1)c1cccnc1. The largest absolute Gasteiger partial charge is 0.378 e. The van der Waals surface area contributed by atoms with Crippen molar-refractivity contribution in [3.63, 3.8) is 0 Å². The van der Waals surface area contributed by atoms with Crippen molar-refractivity contribution in [3.8, 4) is 0 Å². The van der Waals surface area contributed by atoms with Crippen LogP contribution in [-0.2, 0) is 12.1 Å². The van der Waals surface area contributed by atoms with Crippen LogP contribution in [0.1, 0.15) is 11.1 Å². The van der Waals surface area contributed by atoms with Gasteiger partial charge in [0.25, 0.3) is 0 Å². The summed E-state index contributed by atoms with van der Waals surface area (Å²) in [5.74, 6) is 0. The highest BCUT2D eigenvalue weighted by Crippen LogP contribution is 2.30. The fraction of sp³-hybridized carbons (Fsp3) is 0.143. The van der Waals surface area contributed by atoms with Crippen LogP contribution in [0, 0.1) is 0 Å². The zero-order chi connectivity index (χ0) is 13.8. The summed E-state index contributed by atoms with van der Waals surface area (Å²) in [6.45, 7) is 0.240. The first-order chi connectivity index (χ1) is 9.79. The van der Waals surface area contributed by atoms with Crippen molar-refractivity contribution >= 4 is 0 Å². The van der Waals surface area contributed by atoms with E-state index >= 15 is 0 Å². The molecular weight excluding hydrogens is 254 g/mol. The molecule has 0 radical (unpaired) electrons. The van der Waals surface area contributed by atoms with Gasteiger partial charge in [-0.25, -0.2) is 4.68 Å². The van der Waals surface area contributed by atoms with E-state index in [1.807, 2.05) is 12.1 Å². The van der Waals surface area contributed by atoms with Gasteiger partial charge >= 0.3 is 0 Å². The van der Waals surface area contributed by atoms with Gasteiger partial charge in [-0.05, 0) is 12.1 Å². The van der Waals surface area contributed by atoms with Crippen LogP contribution in [0.25, 0.3) is 0 Å². The Balaban J connectivity index is 2.08. The van der Waals surface area contributed by atoms with Gasteiger partial charge in [-0.2, -0.15) is 0 Å². The zero-order valence-electron chi connectivity index (χ0n) is 10.7. The number of hydrogen-bond acceptors (Lipinski definition) is 5. The van der Waals surface area contributed by atoms with Gasteiger partial charge in [0.05, 0.1) is 12.7 Å². The maximum atomic E-state index is 11.2. The molecule has 20 heavy (non-hydrogen) atoms. The van der Waals surface area contributed by atoms with Crippen LogP contribution in [0.4, 0.5) is 0 Å². The Morgan fingerprint density at radius 2 is 1.65 bits per heavy atom. The Morgan fingerprint density at radius 1 is 1.00 bits per heavy atom. The summed E-state index contributed by atoms with van der Waals surface area (Å²) in [6, 6.07) is 7.24. The number of hydrogen-bond donors (Lipinski definition) is 1. The number of pyridine rings is 2. The molecule has 3 aromatic rings. The van der Waals surface area contributed by atoms with Crippen molar-refractivity contribution in [3.05, 3.63) is 72.6 Å². The lowest BCUT2D eigenvalue weighted by Gasteiger charge is -2.28. The van der Waals surface area contributed by atoms with Crippen molar-refractivity contribution < 1.29 is 5.11 Å². The fourth-order valence-electron chi connectivity index (χ4n) is 2.12. The molecule has 0 spiro atoms. The Bertz CT molecular complexity index is 615. The van der Waals surface area contributed by atoms with E-state index in [0.717, 1.165) is 0 Å². The van der Waals surface area contributed by atoms with Crippen LogP contribution >= 0.6 is 0 Å². The summed E-state index contributed by atoms with van der Waals surface area (Å²) >= 11 is 0. The van der Waals surface area contributed by atoms with Gasteiger partial charge in [0.1, 0.15) is 5.60 Å². The standard InChI is InChI=1S/C14H13N5O/c20-14(11-19-8-7-17-18-19,12-3-1-5-15-9-12)13-4-2-6-16-10-13/h1-10,20H,11H2. The maximum absolute atomic E-state index is 11.2. The Labute approximate surface area is 115 Å². The maximum Gasteiger partial charge on any atom is 0.137 e. The molecule has 3 aromatic heterocycles. The summed E-state index contributed by atoms with van der Waals surface area (Å²) < 4.78 is 1.58. The molecule has 0 atom stereocenters. The summed E-state index contributed by atoms with van der Waals surface area (Å²) in [7, 11) is 0.